The molecule has 0 saturated carbocycles. The van der Waals surface area contributed by atoms with Gasteiger partial charge in [-0.25, -0.2) is 0 Å². The maximum Gasteiger partial charge on any atom is 0.311 e. The average Bonchev–Trinajstić information content (AvgIpc) is 3.76. The molecular weight excluding hydrogens is 665 g/mol. The fraction of sp³-hybridized carbons (Fsp3) is 0.444. The van der Waals surface area contributed by atoms with Crippen molar-refractivity contribution in [2.45, 2.75) is 45.3 Å². The molecule has 0 unspecified atom stereocenters. The van der Waals surface area contributed by atoms with Gasteiger partial charge in [0.25, 0.3) is 5.91 Å². The number of carbonyl (C=O) groups excluding carboxylic acids is 3. The summed E-state index contributed by atoms with van der Waals surface area (Å²) in [5.41, 5.74) is 10.3. The van der Waals surface area contributed by atoms with Crippen LogP contribution in [0.2, 0.25) is 10.0 Å². The summed E-state index contributed by atoms with van der Waals surface area (Å²) >= 11 is 13.0. The number of carbonyl (C=O) groups is 3. The van der Waals surface area contributed by atoms with Crippen LogP contribution in [0.4, 0.5) is 0 Å². The van der Waals surface area contributed by atoms with Crippen molar-refractivity contribution in [3.8, 4) is 23.1 Å². The summed E-state index contributed by atoms with van der Waals surface area (Å²) in [5.74, 6) is 4.79. The second kappa shape index (κ2) is 15.7. The van der Waals surface area contributed by atoms with Crippen LogP contribution in [-0.2, 0) is 33.8 Å². The number of ether oxygens (including phenoxy) is 1. The first kappa shape index (κ1) is 34.9. The van der Waals surface area contributed by atoms with Crippen LogP contribution in [-0.4, -0.2) is 95.8 Å². The summed E-state index contributed by atoms with van der Waals surface area (Å²) in [5, 5.41) is 12.2. The minimum Gasteiger partial charge on any atom is -0.379 e. The Labute approximate surface area is 296 Å². The largest absolute Gasteiger partial charge is 0.379 e. The van der Waals surface area contributed by atoms with E-state index in [0.717, 1.165) is 69.1 Å². The van der Waals surface area contributed by atoms with Crippen LogP contribution in [0.5, 0.6) is 0 Å². The first-order chi connectivity index (χ1) is 23.7. The van der Waals surface area contributed by atoms with E-state index in [1.807, 2.05) is 16.8 Å². The maximum atomic E-state index is 12.9. The van der Waals surface area contributed by atoms with Crippen LogP contribution in [0.3, 0.4) is 0 Å². The molecule has 2 atom stereocenters. The lowest BCUT2D eigenvalue weighted by molar-refractivity contribution is -0.144. The third-order valence-electron chi connectivity index (χ3n) is 9.46. The maximum absolute atomic E-state index is 12.9. The smallest absolute Gasteiger partial charge is 0.311 e. The number of rotatable bonds is 8. The molecule has 3 aliphatic rings. The predicted molar refractivity (Wildman–Crippen MR) is 188 cm³/mol. The molecule has 0 spiro atoms. The average molecular weight is 707 g/mol. The Morgan fingerprint density at radius 1 is 1.10 bits per heavy atom. The Balaban J connectivity index is 1.25. The third kappa shape index (κ3) is 8.28. The van der Waals surface area contributed by atoms with E-state index in [0.29, 0.717) is 70.4 Å². The fourth-order valence-corrected chi connectivity index (χ4v) is 7.03. The Morgan fingerprint density at radius 3 is 2.71 bits per heavy atom. The van der Waals surface area contributed by atoms with Gasteiger partial charge < -0.3 is 26.0 Å². The van der Waals surface area contributed by atoms with E-state index >= 15 is 0 Å². The molecule has 13 heteroatoms. The SMILES string of the molecule is C[C@H]1COCCN1CCCn1nc(-c2ccc(Cl)c(C#Cc3ccc(Cl)c(C(=O)NC[C@@H]4CCNC4)c3)c2)c2c1CCN(C(=O)C(N)=O)C2. The lowest BCUT2D eigenvalue weighted by Crippen LogP contribution is -2.44. The number of nitrogens with one attached hydrogen (secondary N) is 2. The van der Waals surface area contributed by atoms with E-state index in [4.69, 9.17) is 38.8 Å². The van der Waals surface area contributed by atoms with Crippen LogP contribution in [0.25, 0.3) is 11.3 Å². The molecular formula is C36H41Cl2N7O4. The molecule has 3 amide bonds. The van der Waals surface area contributed by atoms with Gasteiger partial charge in [0.1, 0.15) is 0 Å². The Bertz CT molecular complexity index is 1790. The molecule has 3 aromatic rings. The van der Waals surface area contributed by atoms with Crippen LogP contribution in [0.15, 0.2) is 36.4 Å². The van der Waals surface area contributed by atoms with Crippen LogP contribution >= 0.6 is 23.2 Å². The van der Waals surface area contributed by atoms with Crippen molar-refractivity contribution in [3.63, 3.8) is 0 Å². The number of hydrogen-bond acceptors (Lipinski definition) is 7. The topological polar surface area (TPSA) is 135 Å². The molecule has 6 rings (SSSR count). The van der Waals surface area contributed by atoms with Crippen molar-refractivity contribution in [3.05, 3.63) is 74.4 Å². The van der Waals surface area contributed by atoms with Crippen LogP contribution in [0, 0.1) is 17.8 Å². The van der Waals surface area contributed by atoms with Crippen molar-refractivity contribution in [2.75, 3.05) is 52.5 Å². The number of hydrogen-bond donors (Lipinski definition) is 3. The Morgan fingerprint density at radius 2 is 1.94 bits per heavy atom. The minimum atomic E-state index is -0.977. The van der Waals surface area contributed by atoms with Gasteiger partial charge in [-0.2, -0.15) is 5.10 Å². The summed E-state index contributed by atoms with van der Waals surface area (Å²) in [6, 6.07) is 11.0. The fourth-order valence-electron chi connectivity index (χ4n) is 6.66. The number of morpholine rings is 1. The normalized spacial score (nSPS) is 19.2. The van der Waals surface area contributed by atoms with Gasteiger partial charge in [0.15, 0.2) is 0 Å². The predicted octanol–water partition coefficient (Wildman–Crippen LogP) is 3.08. The number of halogens is 2. The Kier molecular flexibility index (Phi) is 11.2. The zero-order chi connectivity index (χ0) is 34.5. The number of primary amides is 1. The van der Waals surface area contributed by atoms with Gasteiger partial charge in [0.05, 0.1) is 41.1 Å². The zero-order valence-electron chi connectivity index (χ0n) is 27.6. The van der Waals surface area contributed by atoms with Gasteiger partial charge in [-0.1, -0.05) is 41.1 Å². The summed E-state index contributed by atoms with van der Waals surface area (Å²) in [6.45, 7) is 9.24. The zero-order valence-corrected chi connectivity index (χ0v) is 29.1. The Hall–Kier alpha value is -3.92. The highest BCUT2D eigenvalue weighted by Gasteiger charge is 2.30. The molecule has 3 aliphatic heterocycles. The van der Waals surface area contributed by atoms with Gasteiger partial charge in [0.2, 0.25) is 0 Å². The number of benzene rings is 2. The van der Waals surface area contributed by atoms with Crippen molar-refractivity contribution in [1.82, 2.24) is 30.2 Å². The number of nitrogens with two attached hydrogens (primary N) is 1. The second-order valence-corrected chi connectivity index (χ2v) is 13.7. The van der Waals surface area contributed by atoms with Gasteiger partial charge in [-0.05, 0) is 69.1 Å². The van der Waals surface area contributed by atoms with Gasteiger partial charge in [-0.3, -0.25) is 24.0 Å². The van der Waals surface area contributed by atoms with Crippen LogP contribution < -0.4 is 16.4 Å². The standard InChI is InChI=1S/C36H41Cl2N7O4/c1-23-22-49-16-15-43(23)12-2-13-45-32-10-14-44(36(48)34(39)46)21-29(32)33(42-45)27-6-8-30(37)26(18-27)5-3-24-4-7-31(38)28(17-24)35(47)41-20-25-9-11-40-19-25/h4,6-8,17-18,23,25,40H,2,9-16,19-22H2,1H3,(H2,39,46)(H,41,47)/t23-,25+/m0/s1. The highest BCUT2D eigenvalue weighted by Crippen LogP contribution is 2.32. The first-order valence-electron chi connectivity index (χ1n) is 16.8. The lowest BCUT2D eigenvalue weighted by atomic mass is 9.99. The van der Waals surface area contributed by atoms with E-state index in [1.165, 1.54) is 4.90 Å². The van der Waals surface area contributed by atoms with Crippen molar-refractivity contribution in [2.24, 2.45) is 11.7 Å². The molecule has 49 heavy (non-hydrogen) atoms. The summed E-state index contributed by atoms with van der Waals surface area (Å²) < 4.78 is 7.62. The third-order valence-corrected chi connectivity index (χ3v) is 10.1. The number of nitrogens with zero attached hydrogens (tertiary/aromatic N) is 4. The second-order valence-electron chi connectivity index (χ2n) is 12.9. The first-order valence-corrected chi connectivity index (χ1v) is 17.5. The van der Waals surface area contributed by atoms with E-state index in [9.17, 15) is 14.4 Å². The van der Waals surface area contributed by atoms with Crippen LogP contribution in [0.1, 0.15) is 52.5 Å². The molecule has 258 valence electrons. The van der Waals surface area contributed by atoms with Gasteiger partial charge in [0, 0.05) is 73.1 Å². The molecule has 2 saturated heterocycles. The van der Waals surface area contributed by atoms with E-state index < -0.39 is 11.8 Å². The van der Waals surface area contributed by atoms with Crippen molar-refractivity contribution < 1.29 is 19.1 Å². The molecule has 0 radical (unpaired) electrons. The summed E-state index contributed by atoms with van der Waals surface area (Å²) in [7, 11) is 0. The van der Waals surface area contributed by atoms with Gasteiger partial charge >= 0.3 is 11.8 Å². The van der Waals surface area contributed by atoms with E-state index in [2.05, 4.69) is 34.3 Å². The van der Waals surface area contributed by atoms with Crippen molar-refractivity contribution >= 4 is 40.9 Å². The highest BCUT2D eigenvalue weighted by molar-refractivity contribution is 6.34. The lowest BCUT2D eigenvalue weighted by Gasteiger charge is -2.33. The molecule has 2 fully saturated rings. The highest BCUT2D eigenvalue weighted by atomic mass is 35.5. The molecule has 0 aliphatic carbocycles. The minimum absolute atomic E-state index is 0.226. The van der Waals surface area contributed by atoms with E-state index in [-0.39, 0.29) is 12.5 Å². The number of fused-ring (bicyclic) bond motifs is 1. The molecule has 4 heterocycles. The molecule has 2 aromatic carbocycles. The number of aryl methyl sites for hydroxylation is 1. The van der Waals surface area contributed by atoms with Crippen molar-refractivity contribution in [1.29, 1.82) is 0 Å². The summed E-state index contributed by atoms with van der Waals surface area (Å²) in [4.78, 5) is 41.2. The summed E-state index contributed by atoms with van der Waals surface area (Å²) in [6.07, 6.45) is 2.48. The quantitative estimate of drug-likeness (QED) is 0.242. The molecule has 4 N–H and O–H groups in total. The molecule has 0 bridgehead atoms. The van der Waals surface area contributed by atoms with Gasteiger partial charge in [-0.15, -0.1) is 0 Å². The molecule has 11 nitrogen and oxygen atoms in total. The number of aromatic nitrogens is 2. The monoisotopic (exact) mass is 705 g/mol. The number of amides is 3. The van der Waals surface area contributed by atoms with E-state index in [1.54, 1.807) is 24.3 Å². The molecule has 1 aromatic heterocycles.